The topological polar surface area (TPSA) is 96.5 Å². The van der Waals surface area contributed by atoms with Gasteiger partial charge in [-0.15, -0.1) is 0 Å². The Kier molecular flexibility index (Phi) is 4.96. The number of urea groups is 1. The lowest BCUT2D eigenvalue weighted by atomic mass is 9.91. The first-order valence-corrected chi connectivity index (χ1v) is 9.76. The molecule has 1 aliphatic heterocycles. The van der Waals surface area contributed by atoms with Gasteiger partial charge in [-0.2, -0.15) is 0 Å². The van der Waals surface area contributed by atoms with E-state index in [2.05, 4.69) is 16.0 Å². The Morgan fingerprint density at radius 3 is 2.48 bits per heavy atom. The summed E-state index contributed by atoms with van der Waals surface area (Å²) in [6, 6.07) is 13.4. The zero-order valence-corrected chi connectivity index (χ0v) is 16.2. The summed E-state index contributed by atoms with van der Waals surface area (Å²) in [4.78, 5) is 36.3. The van der Waals surface area contributed by atoms with Crippen molar-refractivity contribution in [1.82, 2.24) is 10.6 Å². The molecular formula is C22H23N3O4. The highest BCUT2D eigenvalue weighted by Crippen LogP contribution is 2.27. The van der Waals surface area contributed by atoms with Crippen molar-refractivity contribution in [2.24, 2.45) is 0 Å². The van der Waals surface area contributed by atoms with Crippen LogP contribution in [0.2, 0.25) is 0 Å². The Labute approximate surface area is 168 Å². The molecule has 0 radical (unpaired) electrons. The Morgan fingerprint density at radius 2 is 1.83 bits per heavy atom. The second-order valence-corrected chi connectivity index (χ2v) is 7.62. The number of nitrogens with one attached hydrogen (secondary N) is 3. The number of rotatable bonds is 5. The van der Waals surface area contributed by atoms with Crippen LogP contribution in [0.5, 0.6) is 5.75 Å². The number of carbonyl (C=O) groups is 3. The molecule has 2 aromatic carbocycles. The van der Waals surface area contributed by atoms with Crippen LogP contribution in [0.3, 0.4) is 0 Å². The summed E-state index contributed by atoms with van der Waals surface area (Å²) in [5.41, 5.74) is 0.377. The van der Waals surface area contributed by atoms with Crippen molar-refractivity contribution in [3.8, 4) is 5.75 Å². The minimum Gasteiger partial charge on any atom is -0.490 e. The minimum atomic E-state index is -1.20. The fraction of sp³-hybridized carbons (Fsp3) is 0.318. The molecule has 0 unspecified atom stereocenters. The highest BCUT2D eigenvalue weighted by Gasteiger charge is 2.43. The molecule has 2 aromatic rings. The Bertz CT molecular complexity index is 951. The summed E-state index contributed by atoms with van der Waals surface area (Å²) in [5.74, 6) is 0.0513. The zero-order valence-electron chi connectivity index (χ0n) is 16.2. The largest absolute Gasteiger partial charge is 0.490 e. The molecule has 1 saturated heterocycles. The molecule has 7 nitrogen and oxygen atoms in total. The number of hydrogen-bond donors (Lipinski definition) is 3. The van der Waals surface area contributed by atoms with Gasteiger partial charge in [0.15, 0.2) is 0 Å². The van der Waals surface area contributed by atoms with Crippen LogP contribution in [-0.4, -0.2) is 23.9 Å². The van der Waals surface area contributed by atoms with Crippen LogP contribution in [0.15, 0.2) is 48.5 Å². The zero-order chi connectivity index (χ0) is 20.4. The summed E-state index contributed by atoms with van der Waals surface area (Å²) in [6.07, 6.45) is 4.89. The van der Waals surface area contributed by atoms with Crippen LogP contribution in [0.25, 0.3) is 0 Å². The molecule has 4 rings (SSSR count). The van der Waals surface area contributed by atoms with Gasteiger partial charge in [-0.1, -0.05) is 12.1 Å². The highest BCUT2D eigenvalue weighted by atomic mass is 16.5. The quantitative estimate of drug-likeness (QED) is 0.679. The van der Waals surface area contributed by atoms with Crippen LogP contribution < -0.4 is 20.7 Å². The van der Waals surface area contributed by atoms with Crippen LogP contribution in [0, 0.1) is 0 Å². The number of ether oxygens (including phenoxy) is 1. The van der Waals surface area contributed by atoms with E-state index in [0.29, 0.717) is 16.8 Å². The number of imide groups is 1. The number of hydrogen-bond acceptors (Lipinski definition) is 4. The normalized spacial score (nSPS) is 21.6. The molecule has 1 heterocycles. The van der Waals surface area contributed by atoms with Gasteiger partial charge < -0.3 is 15.4 Å². The van der Waals surface area contributed by atoms with Crippen molar-refractivity contribution in [1.29, 1.82) is 0 Å². The van der Waals surface area contributed by atoms with E-state index in [1.807, 2.05) is 12.1 Å². The lowest BCUT2D eigenvalue weighted by Gasteiger charge is -2.21. The average molecular weight is 393 g/mol. The Balaban J connectivity index is 1.45. The van der Waals surface area contributed by atoms with Crippen LogP contribution in [0.1, 0.15) is 48.5 Å². The predicted octanol–water partition coefficient (Wildman–Crippen LogP) is 3.31. The molecule has 7 heteroatoms. The number of amides is 4. The van der Waals surface area contributed by atoms with Gasteiger partial charge in [-0.25, -0.2) is 4.79 Å². The van der Waals surface area contributed by atoms with Crippen LogP contribution >= 0.6 is 0 Å². The van der Waals surface area contributed by atoms with Crippen LogP contribution in [-0.2, 0) is 10.3 Å². The highest BCUT2D eigenvalue weighted by molar-refractivity contribution is 6.08. The molecule has 3 N–H and O–H groups in total. The molecule has 0 spiro atoms. The number of benzene rings is 2. The summed E-state index contributed by atoms with van der Waals surface area (Å²) in [7, 11) is 0. The van der Waals surface area contributed by atoms with E-state index in [1.165, 1.54) is 12.8 Å². The van der Waals surface area contributed by atoms with Gasteiger partial charge in [0.25, 0.3) is 11.8 Å². The molecule has 1 saturated carbocycles. The third kappa shape index (κ3) is 3.94. The van der Waals surface area contributed by atoms with Crippen molar-refractivity contribution in [3.63, 3.8) is 0 Å². The van der Waals surface area contributed by atoms with E-state index in [0.717, 1.165) is 18.6 Å². The summed E-state index contributed by atoms with van der Waals surface area (Å²) >= 11 is 0. The number of carbonyl (C=O) groups excluding carboxylic acids is 3. The third-order valence-corrected chi connectivity index (χ3v) is 5.46. The molecule has 2 aliphatic rings. The second kappa shape index (κ2) is 7.58. The Hall–Kier alpha value is -3.35. The molecule has 2 fully saturated rings. The molecule has 1 atom stereocenters. The van der Waals surface area contributed by atoms with Crippen molar-refractivity contribution in [2.75, 3.05) is 5.32 Å². The fourth-order valence-corrected chi connectivity index (χ4v) is 3.74. The molecule has 0 bridgehead atoms. The van der Waals surface area contributed by atoms with E-state index < -0.39 is 17.5 Å². The van der Waals surface area contributed by atoms with Gasteiger partial charge in [0.1, 0.15) is 11.3 Å². The van der Waals surface area contributed by atoms with Crippen molar-refractivity contribution < 1.29 is 19.1 Å². The third-order valence-electron chi connectivity index (χ3n) is 5.46. The average Bonchev–Trinajstić information content (AvgIpc) is 3.31. The second-order valence-electron chi connectivity index (χ2n) is 7.62. The smallest absolute Gasteiger partial charge is 0.322 e. The van der Waals surface area contributed by atoms with Gasteiger partial charge in [-0.3, -0.25) is 14.9 Å². The van der Waals surface area contributed by atoms with Crippen molar-refractivity contribution in [2.45, 2.75) is 44.2 Å². The molecule has 150 valence electrons. The van der Waals surface area contributed by atoms with E-state index in [9.17, 15) is 14.4 Å². The predicted molar refractivity (Wildman–Crippen MR) is 108 cm³/mol. The SMILES string of the molecule is C[C@@]1(c2cccc(C(=O)Nc3ccc(OC4CCCC4)cc3)c2)NC(=O)NC1=O. The fourth-order valence-electron chi connectivity index (χ4n) is 3.74. The van der Waals surface area contributed by atoms with Gasteiger partial charge in [0, 0.05) is 11.3 Å². The summed E-state index contributed by atoms with van der Waals surface area (Å²) in [6.45, 7) is 1.60. The van der Waals surface area contributed by atoms with Gasteiger partial charge in [0.2, 0.25) is 0 Å². The first kappa shape index (κ1) is 19.0. The van der Waals surface area contributed by atoms with Gasteiger partial charge >= 0.3 is 6.03 Å². The maximum Gasteiger partial charge on any atom is 0.322 e. The summed E-state index contributed by atoms with van der Waals surface area (Å²) < 4.78 is 5.94. The van der Waals surface area contributed by atoms with E-state index in [-0.39, 0.29) is 12.0 Å². The van der Waals surface area contributed by atoms with Gasteiger partial charge in [-0.05, 0) is 74.6 Å². The molecule has 1 aliphatic carbocycles. The monoisotopic (exact) mass is 393 g/mol. The lowest BCUT2D eigenvalue weighted by molar-refractivity contribution is -0.123. The maximum absolute atomic E-state index is 12.7. The number of anilines is 1. The minimum absolute atomic E-state index is 0.285. The van der Waals surface area contributed by atoms with Gasteiger partial charge in [0.05, 0.1) is 6.10 Å². The molecule has 4 amide bonds. The molecule has 29 heavy (non-hydrogen) atoms. The first-order valence-electron chi connectivity index (χ1n) is 9.76. The lowest BCUT2D eigenvalue weighted by Crippen LogP contribution is -2.40. The first-order chi connectivity index (χ1) is 13.9. The van der Waals surface area contributed by atoms with E-state index >= 15 is 0 Å². The van der Waals surface area contributed by atoms with E-state index in [4.69, 9.17) is 4.74 Å². The molecular weight excluding hydrogens is 370 g/mol. The standard InChI is InChI=1S/C22H23N3O4/c1-22(20(27)24-21(28)25-22)15-6-4-5-14(13-15)19(26)23-16-9-11-18(12-10-16)29-17-7-2-3-8-17/h4-6,9-13,17H,2-3,7-8H2,1H3,(H,23,26)(H2,24,25,27,28)/t22-/m0/s1. The Morgan fingerprint density at radius 1 is 1.10 bits per heavy atom. The summed E-state index contributed by atoms with van der Waals surface area (Å²) in [5, 5.41) is 7.67. The van der Waals surface area contributed by atoms with Crippen molar-refractivity contribution in [3.05, 3.63) is 59.7 Å². The maximum atomic E-state index is 12.7. The van der Waals surface area contributed by atoms with Crippen LogP contribution in [0.4, 0.5) is 10.5 Å². The van der Waals surface area contributed by atoms with E-state index in [1.54, 1.807) is 43.3 Å². The molecule has 0 aromatic heterocycles. The van der Waals surface area contributed by atoms with Crippen molar-refractivity contribution >= 4 is 23.5 Å².